The van der Waals surface area contributed by atoms with E-state index in [0.717, 1.165) is 6.07 Å². The van der Waals surface area contributed by atoms with Crippen LogP contribution in [0, 0.1) is 5.82 Å². The van der Waals surface area contributed by atoms with E-state index >= 15 is 0 Å². The Kier molecular flexibility index (Phi) is 5.70. The lowest BCUT2D eigenvalue weighted by Crippen LogP contribution is -1.99. The molecule has 0 aromatic heterocycles. The molecule has 0 bridgehead atoms. The lowest BCUT2D eigenvalue weighted by molar-refractivity contribution is 0.104. The molecule has 0 radical (unpaired) electrons. The molecule has 0 aliphatic carbocycles. The maximum atomic E-state index is 13.5. The Morgan fingerprint density at radius 1 is 1.17 bits per heavy atom. The number of ketones is 1. The van der Waals surface area contributed by atoms with Crippen molar-refractivity contribution in [3.63, 3.8) is 0 Å². The molecule has 0 saturated heterocycles. The fourth-order valence-electron chi connectivity index (χ4n) is 2.02. The zero-order valence-corrected chi connectivity index (χ0v) is 14.3. The lowest BCUT2D eigenvalue weighted by atomic mass is 10.1. The number of benzene rings is 2. The monoisotopic (exact) mass is 370 g/mol. The second-order valence-electron chi connectivity index (χ2n) is 4.69. The van der Waals surface area contributed by atoms with Gasteiger partial charge in [0.1, 0.15) is 5.82 Å². The number of allylic oxidation sites excluding steroid dienone is 1. The second kappa shape index (κ2) is 7.55. The summed E-state index contributed by atoms with van der Waals surface area (Å²) in [7, 11) is 2.78. The van der Waals surface area contributed by atoms with Crippen LogP contribution in [-0.2, 0) is 0 Å². The SMILES string of the molecule is COc1cc(/C=C/C(=O)c2c(Cl)ccc(F)c2Cl)cc(OC)c1O. The average Bonchev–Trinajstić information content (AvgIpc) is 2.57. The molecule has 0 aliphatic rings. The molecule has 0 spiro atoms. The number of phenolic OH excluding ortho intramolecular Hbond substituents is 1. The van der Waals surface area contributed by atoms with Crippen LogP contribution in [0.1, 0.15) is 15.9 Å². The van der Waals surface area contributed by atoms with Crippen molar-refractivity contribution in [1.29, 1.82) is 0 Å². The topological polar surface area (TPSA) is 55.8 Å². The normalized spacial score (nSPS) is 10.9. The van der Waals surface area contributed by atoms with Crippen LogP contribution >= 0.6 is 23.2 Å². The molecule has 0 amide bonds. The molecule has 2 rings (SSSR count). The Hall–Kier alpha value is -2.24. The van der Waals surface area contributed by atoms with Gasteiger partial charge in [-0.2, -0.15) is 0 Å². The number of carbonyl (C=O) groups excluding carboxylic acids is 1. The predicted octanol–water partition coefficient (Wildman–Crippen LogP) is 4.75. The summed E-state index contributed by atoms with van der Waals surface area (Å²) in [5.74, 6) is -1.08. The number of methoxy groups -OCH3 is 2. The van der Waals surface area contributed by atoms with Gasteiger partial charge in [0.05, 0.1) is 29.8 Å². The molecule has 0 unspecified atom stereocenters. The van der Waals surface area contributed by atoms with Crippen molar-refractivity contribution in [2.45, 2.75) is 0 Å². The van der Waals surface area contributed by atoms with Crippen LogP contribution in [0.5, 0.6) is 17.2 Å². The van der Waals surface area contributed by atoms with E-state index in [0.29, 0.717) is 5.56 Å². The highest BCUT2D eigenvalue weighted by Gasteiger charge is 2.16. The molecule has 1 N–H and O–H groups in total. The van der Waals surface area contributed by atoms with Crippen molar-refractivity contribution in [3.05, 3.63) is 57.3 Å². The van der Waals surface area contributed by atoms with Gasteiger partial charge < -0.3 is 14.6 Å². The largest absolute Gasteiger partial charge is 0.502 e. The van der Waals surface area contributed by atoms with E-state index in [-0.39, 0.29) is 32.9 Å². The van der Waals surface area contributed by atoms with Gasteiger partial charge >= 0.3 is 0 Å². The number of rotatable bonds is 5. The first-order valence-electron chi connectivity index (χ1n) is 6.70. The van der Waals surface area contributed by atoms with Crippen molar-refractivity contribution in [2.75, 3.05) is 14.2 Å². The van der Waals surface area contributed by atoms with Crippen LogP contribution in [0.15, 0.2) is 30.3 Å². The molecule has 0 atom stereocenters. The van der Waals surface area contributed by atoms with Gasteiger partial charge in [0.2, 0.25) is 5.75 Å². The molecule has 2 aromatic carbocycles. The van der Waals surface area contributed by atoms with E-state index in [2.05, 4.69) is 0 Å². The minimum absolute atomic E-state index is 0.0527. The Labute approximate surface area is 148 Å². The van der Waals surface area contributed by atoms with Gasteiger partial charge in [0, 0.05) is 0 Å². The summed E-state index contributed by atoms with van der Waals surface area (Å²) in [6.45, 7) is 0. The number of hydrogen-bond acceptors (Lipinski definition) is 4. The van der Waals surface area contributed by atoms with Crippen molar-refractivity contribution >= 4 is 35.1 Å². The van der Waals surface area contributed by atoms with Crippen molar-refractivity contribution < 1.29 is 23.8 Å². The number of hydrogen-bond donors (Lipinski definition) is 1. The van der Waals surface area contributed by atoms with E-state index in [4.69, 9.17) is 32.7 Å². The van der Waals surface area contributed by atoms with Crippen LogP contribution in [0.2, 0.25) is 10.0 Å². The van der Waals surface area contributed by atoms with E-state index in [1.807, 2.05) is 0 Å². The Morgan fingerprint density at radius 3 is 2.29 bits per heavy atom. The van der Waals surface area contributed by atoms with Gasteiger partial charge in [0.15, 0.2) is 17.3 Å². The minimum Gasteiger partial charge on any atom is -0.502 e. The zero-order valence-electron chi connectivity index (χ0n) is 12.8. The van der Waals surface area contributed by atoms with Crippen molar-refractivity contribution in [3.8, 4) is 17.2 Å². The van der Waals surface area contributed by atoms with E-state index < -0.39 is 11.6 Å². The molecule has 24 heavy (non-hydrogen) atoms. The highest BCUT2D eigenvalue weighted by Crippen LogP contribution is 2.37. The van der Waals surface area contributed by atoms with Gasteiger partial charge in [-0.15, -0.1) is 0 Å². The average molecular weight is 371 g/mol. The van der Waals surface area contributed by atoms with E-state index in [1.165, 1.54) is 44.6 Å². The molecule has 4 nitrogen and oxygen atoms in total. The third kappa shape index (κ3) is 3.63. The van der Waals surface area contributed by atoms with Crippen LogP contribution in [0.3, 0.4) is 0 Å². The fraction of sp³-hybridized carbons (Fsp3) is 0.118. The number of halogens is 3. The van der Waals surface area contributed by atoms with E-state index in [9.17, 15) is 14.3 Å². The quantitative estimate of drug-likeness (QED) is 0.468. The smallest absolute Gasteiger partial charge is 0.200 e. The zero-order chi connectivity index (χ0) is 17.9. The highest BCUT2D eigenvalue weighted by atomic mass is 35.5. The first-order chi connectivity index (χ1) is 11.4. The lowest BCUT2D eigenvalue weighted by Gasteiger charge is -2.09. The molecule has 126 valence electrons. The van der Waals surface area contributed by atoms with Crippen LogP contribution in [0.25, 0.3) is 6.08 Å². The molecular weight excluding hydrogens is 358 g/mol. The third-order valence-corrected chi connectivity index (χ3v) is 3.90. The summed E-state index contributed by atoms with van der Waals surface area (Å²) in [5.41, 5.74) is 0.408. The number of aromatic hydroxyl groups is 1. The highest BCUT2D eigenvalue weighted by molar-refractivity contribution is 6.40. The standard InChI is InChI=1S/C17H13Cl2FO4/c1-23-13-7-9(8-14(24-2)17(13)22)3-6-12(21)15-10(18)4-5-11(20)16(15)19/h3-8,22H,1-2H3/b6-3+. The molecule has 0 heterocycles. The van der Waals surface area contributed by atoms with Gasteiger partial charge in [-0.3, -0.25) is 4.79 Å². The maximum Gasteiger partial charge on any atom is 0.200 e. The van der Waals surface area contributed by atoms with Gasteiger partial charge in [0.25, 0.3) is 0 Å². The number of ether oxygens (including phenoxy) is 2. The van der Waals surface area contributed by atoms with Crippen LogP contribution in [-0.4, -0.2) is 25.1 Å². The molecule has 7 heteroatoms. The summed E-state index contributed by atoms with van der Waals surface area (Å²) < 4.78 is 23.6. The Balaban J connectivity index is 2.38. The summed E-state index contributed by atoms with van der Waals surface area (Å²) in [6, 6.07) is 5.37. The number of phenols is 1. The molecule has 0 aliphatic heterocycles. The molecule has 0 fully saturated rings. The number of carbonyl (C=O) groups is 1. The molecule has 2 aromatic rings. The van der Waals surface area contributed by atoms with Gasteiger partial charge in [-0.05, 0) is 35.9 Å². The fourth-order valence-corrected chi connectivity index (χ4v) is 2.58. The second-order valence-corrected chi connectivity index (χ2v) is 5.47. The maximum absolute atomic E-state index is 13.5. The van der Waals surface area contributed by atoms with Crippen molar-refractivity contribution in [1.82, 2.24) is 0 Å². The Bertz CT molecular complexity index is 793. The summed E-state index contributed by atoms with van der Waals surface area (Å²) >= 11 is 11.7. The summed E-state index contributed by atoms with van der Waals surface area (Å²) in [4.78, 5) is 12.3. The predicted molar refractivity (Wildman–Crippen MR) is 91.0 cm³/mol. The Morgan fingerprint density at radius 2 is 1.75 bits per heavy atom. The summed E-state index contributed by atoms with van der Waals surface area (Å²) in [6.07, 6.45) is 2.64. The van der Waals surface area contributed by atoms with E-state index in [1.54, 1.807) is 0 Å². The first kappa shape index (κ1) is 18.1. The first-order valence-corrected chi connectivity index (χ1v) is 7.45. The van der Waals surface area contributed by atoms with Crippen LogP contribution in [0.4, 0.5) is 4.39 Å². The summed E-state index contributed by atoms with van der Waals surface area (Å²) in [5, 5.41) is 9.57. The molecular formula is C17H13Cl2FO4. The molecule has 0 saturated carbocycles. The van der Waals surface area contributed by atoms with Gasteiger partial charge in [-0.1, -0.05) is 29.3 Å². The third-order valence-electron chi connectivity index (χ3n) is 3.22. The van der Waals surface area contributed by atoms with Gasteiger partial charge in [-0.25, -0.2) is 4.39 Å². The minimum atomic E-state index is -0.731. The van der Waals surface area contributed by atoms with Crippen molar-refractivity contribution in [2.24, 2.45) is 0 Å². The van der Waals surface area contributed by atoms with Crippen LogP contribution < -0.4 is 9.47 Å².